The zero-order valence-corrected chi connectivity index (χ0v) is 9.43. The topological polar surface area (TPSA) is 92.4 Å². The third-order valence-corrected chi connectivity index (χ3v) is 2.39. The van der Waals surface area contributed by atoms with Gasteiger partial charge in [0.25, 0.3) is 0 Å². The first-order valence-corrected chi connectivity index (χ1v) is 5.39. The molecule has 0 aromatic heterocycles. The SMILES string of the molecule is NC(=O)CCC(Cc1ccccc1)NC(=O)O. The minimum Gasteiger partial charge on any atom is -0.465 e. The zero-order valence-electron chi connectivity index (χ0n) is 9.43. The average molecular weight is 236 g/mol. The van der Waals surface area contributed by atoms with E-state index in [0.29, 0.717) is 12.8 Å². The van der Waals surface area contributed by atoms with Crippen LogP contribution >= 0.6 is 0 Å². The van der Waals surface area contributed by atoms with Crippen LogP contribution in [-0.2, 0) is 11.2 Å². The molecule has 1 rings (SSSR count). The molecule has 0 fully saturated rings. The number of primary amides is 1. The molecule has 0 aliphatic rings. The standard InChI is InChI=1S/C12H16N2O3/c13-11(15)7-6-10(14-12(16)17)8-9-4-2-1-3-5-9/h1-5,10,14H,6-8H2,(H2,13,15)(H,16,17). The molecule has 1 aromatic rings. The van der Waals surface area contributed by atoms with Gasteiger partial charge >= 0.3 is 6.09 Å². The predicted octanol–water partition coefficient (Wildman–Crippen LogP) is 1.13. The maximum atomic E-state index is 10.7. The molecule has 0 radical (unpaired) electrons. The van der Waals surface area contributed by atoms with Crippen LogP contribution in [0.3, 0.4) is 0 Å². The van der Waals surface area contributed by atoms with Crippen molar-refractivity contribution in [3.8, 4) is 0 Å². The number of rotatable bonds is 6. The van der Waals surface area contributed by atoms with Gasteiger partial charge in [0.2, 0.25) is 5.91 Å². The third-order valence-electron chi connectivity index (χ3n) is 2.39. The molecule has 5 heteroatoms. The monoisotopic (exact) mass is 236 g/mol. The first-order valence-electron chi connectivity index (χ1n) is 5.39. The fourth-order valence-electron chi connectivity index (χ4n) is 1.61. The number of nitrogens with two attached hydrogens (primary N) is 1. The predicted molar refractivity (Wildman–Crippen MR) is 63.5 cm³/mol. The second-order valence-electron chi connectivity index (χ2n) is 3.84. The summed E-state index contributed by atoms with van der Waals surface area (Å²) >= 11 is 0. The van der Waals surface area contributed by atoms with Crippen molar-refractivity contribution in [2.45, 2.75) is 25.3 Å². The molecular weight excluding hydrogens is 220 g/mol. The number of amides is 2. The molecule has 92 valence electrons. The van der Waals surface area contributed by atoms with Gasteiger partial charge in [-0.2, -0.15) is 0 Å². The van der Waals surface area contributed by atoms with E-state index in [2.05, 4.69) is 5.32 Å². The van der Waals surface area contributed by atoms with E-state index in [4.69, 9.17) is 10.8 Å². The lowest BCUT2D eigenvalue weighted by molar-refractivity contribution is -0.118. The summed E-state index contributed by atoms with van der Waals surface area (Å²) in [7, 11) is 0. The number of carbonyl (C=O) groups is 2. The van der Waals surface area contributed by atoms with E-state index in [0.717, 1.165) is 5.56 Å². The number of hydrogen-bond donors (Lipinski definition) is 3. The number of nitrogens with one attached hydrogen (secondary N) is 1. The molecule has 0 spiro atoms. The molecule has 0 saturated heterocycles. The van der Waals surface area contributed by atoms with Gasteiger partial charge in [0.15, 0.2) is 0 Å². The molecule has 0 aliphatic heterocycles. The maximum absolute atomic E-state index is 10.7. The summed E-state index contributed by atoms with van der Waals surface area (Å²) in [6.07, 6.45) is 0.0600. The summed E-state index contributed by atoms with van der Waals surface area (Å²) in [6, 6.07) is 9.22. The molecule has 17 heavy (non-hydrogen) atoms. The Balaban J connectivity index is 2.56. The van der Waals surface area contributed by atoms with Crippen molar-refractivity contribution in [3.63, 3.8) is 0 Å². The van der Waals surface area contributed by atoms with Crippen molar-refractivity contribution < 1.29 is 14.7 Å². The van der Waals surface area contributed by atoms with Crippen LogP contribution in [0.5, 0.6) is 0 Å². The van der Waals surface area contributed by atoms with Gasteiger partial charge in [-0.25, -0.2) is 4.79 Å². The minimum atomic E-state index is -1.09. The minimum absolute atomic E-state index is 0.178. The molecule has 0 aliphatic carbocycles. The highest BCUT2D eigenvalue weighted by atomic mass is 16.4. The van der Waals surface area contributed by atoms with Crippen molar-refractivity contribution >= 4 is 12.0 Å². The van der Waals surface area contributed by atoms with E-state index in [1.165, 1.54) is 0 Å². The quantitative estimate of drug-likeness (QED) is 0.691. The lowest BCUT2D eigenvalue weighted by Crippen LogP contribution is -2.36. The van der Waals surface area contributed by atoms with E-state index in [9.17, 15) is 9.59 Å². The lowest BCUT2D eigenvalue weighted by Gasteiger charge is -2.16. The Labute approximate surface area is 99.6 Å². The Hall–Kier alpha value is -2.04. The molecule has 0 bridgehead atoms. The fraction of sp³-hybridized carbons (Fsp3) is 0.333. The second-order valence-corrected chi connectivity index (χ2v) is 3.84. The molecule has 2 amide bonds. The largest absolute Gasteiger partial charge is 0.465 e. The van der Waals surface area contributed by atoms with Crippen molar-refractivity contribution in [3.05, 3.63) is 35.9 Å². The van der Waals surface area contributed by atoms with E-state index in [-0.39, 0.29) is 12.5 Å². The molecule has 5 nitrogen and oxygen atoms in total. The summed E-state index contributed by atoms with van der Waals surface area (Å²) in [5, 5.41) is 11.1. The van der Waals surface area contributed by atoms with Gasteiger partial charge in [-0.05, 0) is 18.4 Å². The molecule has 1 atom stereocenters. The summed E-state index contributed by atoms with van der Waals surface area (Å²) in [4.78, 5) is 21.3. The highest BCUT2D eigenvalue weighted by Crippen LogP contribution is 2.07. The van der Waals surface area contributed by atoms with Gasteiger partial charge in [0, 0.05) is 12.5 Å². The Bertz CT molecular complexity index is 379. The van der Waals surface area contributed by atoms with Gasteiger partial charge in [0.05, 0.1) is 0 Å². The number of carbonyl (C=O) groups excluding carboxylic acids is 1. The number of hydrogen-bond acceptors (Lipinski definition) is 2. The molecular formula is C12H16N2O3. The van der Waals surface area contributed by atoms with Crippen LogP contribution in [0.15, 0.2) is 30.3 Å². The lowest BCUT2D eigenvalue weighted by atomic mass is 10.0. The van der Waals surface area contributed by atoms with Crippen LogP contribution < -0.4 is 11.1 Å². The van der Waals surface area contributed by atoms with Gasteiger partial charge < -0.3 is 16.2 Å². The highest BCUT2D eigenvalue weighted by Gasteiger charge is 2.13. The Morgan fingerprint density at radius 2 is 1.94 bits per heavy atom. The molecule has 1 unspecified atom stereocenters. The van der Waals surface area contributed by atoms with Gasteiger partial charge in [-0.1, -0.05) is 30.3 Å². The van der Waals surface area contributed by atoms with E-state index < -0.39 is 12.0 Å². The maximum Gasteiger partial charge on any atom is 0.404 e. The summed E-state index contributed by atoms with van der Waals surface area (Å²) < 4.78 is 0. The molecule has 0 heterocycles. The summed E-state index contributed by atoms with van der Waals surface area (Å²) in [6.45, 7) is 0. The third kappa shape index (κ3) is 5.55. The van der Waals surface area contributed by atoms with Crippen molar-refractivity contribution in [2.24, 2.45) is 5.73 Å². The van der Waals surface area contributed by atoms with Crippen molar-refractivity contribution in [2.75, 3.05) is 0 Å². The smallest absolute Gasteiger partial charge is 0.404 e. The van der Waals surface area contributed by atoms with Crippen LogP contribution in [0, 0.1) is 0 Å². The molecule has 0 saturated carbocycles. The average Bonchev–Trinajstić information content (AvgIpc) is 2.26. The van der Waals surface area contributed by atoms with Crippen molar-refractivity contribution in [1.29, 1.82) is 0 Å². The first-order chi connectivity index (χ1) is 8.08. The van der Waals surface area contributed by atoms with Crippen molar-refractivity contribution in [1.82, 2.24) is 5.32 Å². The van der Waals surface area contributed by atoms with E-state index in [1.54, 1.807) is 0 Å². The molecule has 1 aromatic carbocycles. The van der Waals surface area contributed by atoms with Crippen LogP contribution in [0.1, 0.15) is 18.4 Å². The Kier molecular flexibility index (Phi) is 5.00. The molecule has 4 N–H and O–H groups in total. The first kappa shape index (κ1) is 13.0. The highest BCUT2D eigenvalue weighted by molar-refractivity contribution is 5.73. The zero-order chi connectivity index (χ0) is 12.7. The summed E-state index contributed by atoms with van der Waals surface area (Å²) in [5.74, 6) is -0.421. The normalized spacial score (nSPS) is 11.8. The second kappa shape index (κ2) is 6.52. The Morgan fingerprint density at radius 1 is 1.29 bits per heavy atom. The fourth-order valence-corrected chi connectivity index (χ4v) is 1.61. The van der Waals surface area contributed by atoms with E-state index >= 15 is 0 Å². The van der Waals surface area contributed by atoms with Crippen LogP contribution in [-0.4, -0.2) is 23.1 Å². The number of carboxylic acid groups (broad SMARTS) is 1. The Morgan fingerprint density at radius 3 is 2.47 bits per heavy atom. The van der Waals surface area contributed by atoms with Gasteiger partial charge in [-0.3, -0.25) is 4.79 Å². The van der Waals surface area contributed by atoms with Crippen LogP contribution in [0.2, 0.25) is 0 Å². The van der Waals surface area contributed by atoms with Gasteiger partial charge in [0.1, 0.15) is 0 Å². The van der Waals surface area contributed by atoms with Gasteiger partial charge in [-0.15, -0.1) is 0 Å². The number of benzene rings is 1. The van der Waals surface area contributed by atoms with Crippen LogP contribution in [0.4, 0.5) is 4.79 Å². The van der Waals surface area contributed by atoms with E-state index in [1.807, 2.05) is 30.3 Å². The van der Waals surface area contributed by atoms with Crippen LogP contribution in [0.25, 0.3) is 0 Å². The summed E-state index contributed by atoms with van der Waals surface area (Å²) in [5.41, 5.74) is 6.07.